The number of hydrogen-bond acceptors (Lipinski definition) is 4. The van der Waals surface area contributed by atoms with Crippen LogP contribution in [0.5, 0.6) is 5.75 Å². The van der Waals surface area contributed by atoms with Gasteiger partial charge in [0.15, 0.2) is 0 Å². The second-order valence-corrected chi connectivity index (χ2v) is 6.49. The Morgan fingerprint density at radius 1 is 1.08 bits per heavy atom. The summed E-state index contributed by atoms with van der Waals surface area (Å²) in [6.07, 6.45) is 0.403. The van der Waals surface area contributed by atoms with Crippen molar-refractivity contribution in [2.75, 3.05) is 13.7 Å². The summed E-state index contributed by atoms with van der Waals surface area (Å²) in [4.78, 5) is 12.4. The zero-order valence-corrected chi connectivity index (χ0v) is 15.1. The van der Waals surface area contributed by atoms with E-state index < -0.39 is 17.0 Å². The van der Waals surface area contributed by atoms with Crippen LogP contribution in [-0.4, -0.2) is 24.8 Å². The number of benzene rings is 2. The summed E-state index contributed by atoms with van der Waals surface area (Å²) in [5.74, 6) is 0.386. The Bertz CT molecular complexity index is 735. The highest BCUT2D eigenvalue weighted by Crippen LogP contribution is 2.44. The van der Waals surface area contributed by atoms with E-state index >= 15 is 0 Å². The van der Waals surface area contributed by atoms with Crippen molar-refractivity contribution in [3.8, 4) is 5.75 Å². The summed E-state index contributed by atoms with van der Waals surface area (Å²) >= 11 is 0. The highest BCUT2D eigenvalue weighted by atomic mass is 16.5. The van der Waals surface area contributed by atoms with E-state index in [2.05, 4.69) is 0 Å². The average Bonchev–Trinajstić information content (AvgIpc) is 2.59. The molecular formula is C20H26O4. The molecule has 0 heterocycles. The molecule has 0 aliphatic rings. The molecule has 2 aromatic rings. The summed E-state index contributed by atoms with van der Waals surface area (Å²) < 4.78 is 10.4. The van der Waals surface area contributed by atoms with Gasteiger partial charge in [0.25, 0.3) is 0 Å². The summed E-state index contributed by atoms with van der Waals surface area (Å²) in [5, 5.41) is 13.4. The number of ether oxygens (including phenoxy) is 2. The minimum atomic E-state index is -1.31. The lowest BCUT2D eigenvalue weighted by molar-refractivity contribution is -0.173. The molecule has 2 rings (SSSR count). The number of fused-ring (bicyclic) bond motifs is 1. The van der Waals surface area contributed by atoms with Crippen molar-refractivity contribution in [1.29, 1.82) is 0 Å². The van der Waals surface area contributed by atoms with Gasteiger partial charge >= 0.3 is 5.97 Å². The summed E-state index contributed by atoms with van der Waals surface area (Å²) in [6.45, 7) is 7.39. The van der Waals surface area contributed by atoms with E-state index in [1.165, 1.54) is 0 Å². The molecule has 0 aliphatic carbocycles. The predicted molar refractivity (Wildman–Crippen MR) is 95.1 cm³/mol. The first-order chi connectivity index (χ1) is 11.3. The van der Waals surface area contributed by atoms with Crippen molar-refractivity contribution in [3.63, 3.8) is 0 Å². The van der Waals surface area contributed by atoms with E-state index in [4.69, 9.17) is 9.47 Å². The van der Waals surface area contributed by atoms with E-state index in [0.29, 0.717) is 18.6 Å². The summed E-state index contributed by atoms with van der Waals surface area (Å²) in [7, 11) is 1.63. The Morgan fingerprint density at radius 2 is 1.71 bits per heavy atom. The van der Waals surface area contributed by atoms with E-state index in [1.807, 2.05) is 43.3 Å². The second kappa shape index (κ2) is 6.81. The first kappa shape index (κ1) is 18.3. The molecule has 130 valence electrons. The number of esters is 1. The smallest absolute Gasteiger partial charge is 0.314 e. The molecule has 1 atom stereocenters. The van der Waals surface area contributed by atoms with Gasteiger partial charge in [-0.3, -0.25) is 4.79 Å². The Morgan fingerprint density at radius 3 is 2.29 bits per heavy atom. The van der Waals surface area contributed by atoms with Gasteiger partial charge in [-0.1, -0.05) is 25.1 Å². The SMILES string of the molecule is CCOC(=O)C(C)(C)[C@@](O)(CC)c1ccc2cc(OC)ccc2c1. The van der Waals surface area contributed by atoms with Crippen molar-refractivity contribution in [1.82, 2.24) is 0 Å². The van der Waals surface area contributed by atoms with Gasteiger partial charge in [0.05, 0.1) is 19.1 Å². The molecule has 0 radical (unpaired) electrons. The Labute approximate surface area is 143 Å². The minimum Gasteiger partial charge on any atom is -0.497 e. The molecule has 24 heavy (non-hydrogen) atoms. The van der Waals surface area contributed by atoms with Crippen molar-refractivity contribution < 1.29 is 19.4 Å². The van der Waals surface area contributed by atoms with E-state index in [1.54, 1.807) is 27.9 Å². The molecule has 0 bridgehead atoms. The van der Waals surface area contributed by atoms with Gasteiger partial charge in [0, 0.05) is 0 Å². The van der Waals surface area contributed by atoms with Crippen LogP contribution < -0.4 is 4.74 Å². The Kier molecular flexibility index (Phi) is 5.19. The van der Waals surface area contributed by atoms with Crippen LogP contribution >= 0.6 is 0 Å². The van der Waals surface area contributed by atoms with Gasteiger partial charge < -0.3 is 14.6 Å². The fraction of sp³-hybridized carbons (Fsp3) is 0.450. The molecule has 0 amide bonds. The maximum absolute atomic E-state index is 12.4. The van der Waals surface area contributed by atoms with Crippen LogP contribution in [0.25, 0.3) is 10.8 Å². The quantitative estimate of drug-likeness (QED) is 0.812. The summed E-state index contributed by atoms with van der Waals surface area (Å²) in [6, 6.07) is 11.5. The van der Waals surface area contributed by atoms with Gasteiger partial charge in [0.1, 0.15) is 11.4 Å². The van der Waals surface area contributed by atoms with E-state index in [-0.39, 0.29) is 0 Å². The fourth-order valence-corrected chi connectivity index (χ4v) is 3.10. The second-order valence-electron chi connectivity index (χ2n) is 6.49. The van der Waals surface area contributed by atoms with Crippen LogP contribution in [0.15, 0.2) is 36.4 Å². The monoisotopic (exact) mass is 330 g/mol. The maximum Gasteiger partial charge on any atom is 0.314 e. The molecule has 4 heteroatoms. The first-order valence-electron chi connectivity index (χ1n) is 8.28. The lowest BCUT2D eigenvalue weighted by atomic mass is 9.69. The van der Waals surface area contributed by atoms with Crippen molar-refractivity contribution in [2.24, 2.45) is 5.41 Å². The Balaban J connectivity index is 2.53. The van der Waals surface area contributed by atoms with Crippen molar-refractivity contribution in [3.05, 3.63) is 42.0 Å². The number of rotatable bonds is 6. The average molecular weight is 330 g/mol. The molecule has 0 aromatic heterocycles. The minimum absolute atomic E-state index is 0.291. The lowest BCUT2D eigenvalue weighted by Crippen LogP contribution is -2.47. The van der Waals surface area contributed by atoms with Gasteiger partial charge in [-0.2, -0.15) is 0 Å². The van der Waals surface area contributed by atoms with Gasteiger partial charge in [-0.05, 0) is 61.7 Å². The Hall–Kier alpha value is -2.07. The molecule has 0 fully saturated rings. The van der Waals surface area contributed by atoms with Crippen LogP contribution in [0.3, 0.4) is 0 Å². The highest BCUT2D eigenvalue weighted by Gasteiger charge is 2.49. The number of hydrogen-bond donors (Lipinski definition) is 1. The van der Waals surface area contributed by atoms with Crippen LogP contribution in [0.2, 0.25) is 0 Å². The van der Waals surface area contributed by atoms with Gasteiger partial charge in [-0.15, -0.1) is 0 Å². The standard InChI is InChI=1S/C20H26O4/c1-6-20(22,19(3,4)18(21)24-7-2)16-10-8-15-13-17(23-5)11-9-14(15)12-16/h8-13,22H,6-7H2,1-5H3/t20-/m1/s1. The van der Waals surface area contributed by atoms with Crippen LogP contribution in [0, 0.1) is 5.41 Å². The molecule has 0 saturated heterocycles. The van der Waals surface area contributed by atoms with Gasteiger partial charge in [-0.25, -0.2) is 0 Å². The van der Waals surface area contributed by atoms with Crippen molar-refractivity contribution in [2.45, 2.75) is 39.7 Å². The first-order valence-corrected chi connectivity index (χ1v) is 8.28. The van der Waals surface area contributed by atoms with Crippen LogP contribution in [-0.2, 0) is 15.1 Å². The third kappa shape index (κ3) is 2.98. The molecular weight excluding hydrogens is 304 g/mol. The maximum atomic E-state index is 12.4. The number of carbonyl (C=O) groups excluding carboxylic acids is 1. The fourth-order valence-electron chi connectivity index (χ4n) is 3.10. The molecule has 0 saturated carbocycles. The van der Waals surface area contributed by atoms with Crippen LogP contribution in [0.4, 0.5) is 0 Å². The molecule has 1 N–H and O–H groups in total. The number of aliphatic hydroxyl groups is 1. The molecule has 0 spiro atoms. The third-order valence-corrected chi connectivity index (χ3v) is 4.86. The molecule has 0 unspecified atom stereocenters. The zero-order valence-electron chi connectivity index (χ0n) is 15.1. The van der Waals surface area contributed by atoms with E-state index in [0.717, 1.165) is 16.5 Å². The zero-order chi connectivity index (χ0) is 18.0. The highest BCUT2D eigenvalue weighted by molar-refractivity contribution is 5.85. The van der Waals surface area contributed by atoms with E-state index in [9.17, 15) is 9.90 Å². The third-order valence-electron chi connectivity index (χ3n) is 4.86. The normalized spacial score (nSPS) is 14.2. The predicted octanol–water partition coefficient (Wildman–Crippen LogP) is 4.04. The number of carbonyl (C=O) groups is 1. The molecule has 2 aromatic carbocycles. The lowest BCUT2D eigenvalue weighted by Gasteiger charge is -2.40. The van der Waals surface area contributed by atoms with Crippen LogP contribution in [0.1, 0.15) is 39.7 Å². The molecule has 4 nitrogen and oxygen atoms in total. The topological polar surface area (TPSA) is 55.8 Å². The van der Waals surface area contributed by atoms with Crippen molar-refractivity contribution >= 4 is 16.7 Å². The summed E-state index contributed by atoms with van der Waals surface area (Å²) in [5.41, 5.74) is -1.66. The molecule has 0 aliphatic heterocycles. The largest absolute Gasteiger partial charge is 0.497 e. The van der Waals surface area contributed by atoms with Gasteiger partial charge in [0.2, 0.25) is 0 Å². The number of methoxy groups -OCH3 is 1.